The second-order valence-electron chi connectivity index (χ2n) is 10.0. The first-order chi connectivity index (χ1) is 14.2. The molecule has 0 radical (unpaired) electrons. The van der Waals surface area contributed by atoms with Gasteiger partial charge in [-0.15, -0.1) is 0 Å². The summed E-state index contributed by atoms with van der Waals surface area (Å²) in [5, 5.41) is 14.1. The van der Waals surface area contributed by atoms with Crippen LogP contribution in [0.25, 0.3) is 0 Å². The van der Waals surface area contributed by atoms with Crippen LogP contribution in [0.3, 0.4) is 0 Å². The van der Waals surface area contributed by atoms with Gasteiger partial charge in [-0.05, 0) is 81.4 Å². The quantitative estimate of drug-likeness (QED) is 0.763. The topological polar surface area (TPSA) is 71.3 Å². The minimum atomic E-state index is -0.508. The summed E-state index contributed by atoms with van der Waals surface area (Å²) in [5.41, 5.74) is 3.06. The number of hydrogen-bond acceptors (Lipinski definition) is 3. The highest BCUT2D eigenvalue weighted by molar-refractivity contribution is 6.09. The van der Waals surface area contributed by atoms with Crippen LogP contribution in [0, 0.1) is 31.6 Å². The van der Waals surface area contributed by atoms with Crippen LogP contribution >= 0.6 is 0 Å². The van der Waals surface area contributed by atoms with E-state index in [9.17, 15) is 14.7 Å². The normalized spacial score (nSPS) is 31.7. The summed E-state index contributed by atoms with van der Waals surface area (Å²) in [5.74, 6) is 1.15. The first-order valence-corrected chi connectivity index (χ1v) is 11.0. The molecule has 4 saturated carbocycles. The van der Waals surface area contributed by atoms with Crippen molar-refractivity contribution in [3.63, 3.8) is 0 Å². The fourth-order valence-electron chi connectivity index (χ4n) is 6.68. The molecule has 0 aliphatic heterocycles. The number of carbonyl (C=O) groups is 2. The second kappa shape index (κ2) is 6.81. The summed E-state index contributed by atoms with van der Waals surface area (Å²) in [6.07, 6.45) is 4.74. The van der Waals surface area contributed by atoms with E-state index in [1.54, 1.807) is 11.6 Å². The first-order valence-electron chi connectivity index (χ1n) is 11.0. The third-order valence-corrected chi connectivity index (χ3v) is 7.69. The lowest BCUT2D eigenvalue weighted by atomic mass is 9.52. The van der Waals surface area contributed by atoms with Crippen LogP contribution in [0.15, 0.2) is 30.3 Å². The molecule has 0 spiro atoms. The molecule has 2 atom stereocenters. The highest BCUT2D eigenvalue weighted by atomic mass is 16.3. The Kier molecular flexibility index (Phi) is 4.44. The molecule has 4 aliphatic rings. The van der Waals surface area contributed by atoms with Crippen molar-refractivity contribution >= 4 is 11.7 Å². The number of hydrogen-bond donors (Lipinski definition) is 2. The fourth-order valence-corrected chi connectivity index (χ4v) is 6.68. The highest BCUT2D eigenvalue weighted by Crippen LogP contribution is 2.55. The first kappa shape index (κ1) is 19.6. The van der Waals surface area contributed by atoms with Gasteiger partial charge in [-0.25, -0.2) is 0 Å². The summed E-state index contributed by atoms with van der Waals surface area (Å²) in [7, 11) is 1.80. The maximum atomic E-state index is 13.3. The predicted molar refractivity (Wildman–Crippen MR) is 115 cm³/mol. The standard InChI is InChI=1S/C25H30N2O3/c1-14-5-4-6-17(7-14)23(28)20-8-15(2)22(27(20)3)24(29)26-21-18-9-16-10-19(21)13-25(30,11-16)12-18/h4-8,16,18-19,21,30H,9-13H2,1-3H3,(H,26,29). The number of ketones is 1. The van der Waals surface area contributed by atoms with E-state index >= 15 is 0 Å². The Hall–Kier alpha value is -2.40. The Morgan fingerprint density at radius 2 is 1.80 bits per heavy atom. The molecule has 2 aromatic rings. The molecule has 4 aliphatic carbocycles. The van der Waals surface area contributed by atoms with Gasteiger partial charge in [0.2, 0.25) is 5.78 Å². The van der Waals surface area contributed by atoms with Crippen molar-refractivity contribution in [1.29, 1.82) is 0 Å². The largest absolute Gasteiger partial charge is 0.390 e. The van der Waals surface area contributed by atoms with E-state index in [1.807, 2.05) is 44.2 Å². The maximum absolute atomic E-state index is 13.3. The number of nitrogens with zero attached hydrogens (tertiary/aromatic N) is 1. The highest BCUT2D eigenvalue weighted by Gasteiger charge is 2.55. The van der Waals surface area contributed by atoms with E-state index in [0.29, 0.717) is 34.7 Å². The third-order valence-electron chi connectivity index (χ3n) is 7.69. The lowest BCUT2D eigenvalue weighted by Crippen LogP contribution is -2.61. The summed E-state index contributed by atoms with van der Waals surface area (Å²) in [6.45, 7) is 3.86. The molecule has 5 heteroatoms. The number of aromatic nitrogens is 1. The predicted octanol–water partition coefficient (Wildman–Crippen LogP) is 3.54. The van der Waals surface area contributed by atoms with Crippen molar-refractivity contribution in [2.75, 3.05) is 0 Å². The van der Waals surface area contributed by atoms with E-state index < -0.39 is 5.60 Å². The monoisotopic (exact) mass is 406 g/mol. The van der Waals surface area contributed by atoms with Crippen LogP contribution in [0.4, 0.5) is 0 Å². The lowest BCUT2D eigenvalue weighted by Gasteiger charge is -2.58. The zero-order valence-electron chi connectivity index (χ0n) is 17.9. The minimum absolute atomic E-state index is 0.0693. The van der Waals surface area contributed by atoms with Gasteiger partial charge in [-0.2, -0.15) is 0 Å². The van der Waals surface area contributed by atoms with Crippen molar-refractivity contribution in [2.24, 2.45) is 24.8 Å². The van der Waals surface area contributed by atoms with Crippen molar-refractivity contribution in [3.8, 4) is 0 Å². The molecule has 1 aromatic carbocycles. The van der Waals surface area contributed by atoms with Gasteiger partial charge in [-0.1, -0.05) is 23.8 Å². The Morgan fingerprint density at radius 3 is 2.43 bits per heavy atom. The average molecular weight is 407 g/mol. The number of aryl methyl sites for hydroxylation is 2. The Labute approximate surface area is 177 Å². The van der Waals surface area contributed by atoms with Gasteiger partial charge >= 0.3 is 0 Å². The van der Waals surface area contributed by atoms with Crippen LogP contribution in [0.1, 0.15) is 69.8 Å². The molecule has 1 heterocycles. The average Bonchev–Trinajstić information content (AvgIpc) is 2.97. The number of benzene rings is 1. The number of carbonyl (C=O) groups excluding carboxylic acids is 2. The lowest BCUT2D eigenvalue weighted by molar-refractivity contribution is -0.137. The second-order valence-corrected chi connectivity index (χ2v) is 10.0. The summed E-state index contributed by atoms with van der Waals surface area (Å²) >= 11 is 0. The van der Waals surface area contributed by atoms with Gasteiger partial charge in [0.25, 0.3) is 5.91 Å². The van der Waals surface area contributed by atoms with Gasteiger partial charge in [0.15, 0.2) is 0 Å². The molecular formula is C25H30N2O3. The van der Waals surface area contributed by atoms with Crippen molar-refractivity contribution < 1.29 is 14.7 Å². The van der Waals surface area contributed by atoms with Crippen LogP contribution in [0.5, 0.6) is 0 Å². The molecule has 0 saturated heterocycles. The summed E-state index contributed by atoms with van der Waals surface area (Å²) < 4.78 is 1.74. The molecule has 158 valence electrons. The van der Waals surface area contributed by atoms with Gasteiger partial charge < -0.3 is 15.0 Å². The van der Waals surface area contributed by atoms with Crippen LogP contribution in [0.2, 0.25) is 0 Å². The molecule has 1 amide bonds. The number of rotatable bonds is 4. The molecule has 5 nitrogen and oxygen atoms in total. The molecule has 1 aromatic heterocycles. The van der Waals surface area contributed by atoms with E-state index in [1.165, 1.54) is 0 Å². The van der Waals surface area contributed by atoms with Crippen molar-refractivity contribution in [1.82, 2.24) is 9.88 Å². The number of aliphatic hydroxyl groups is 1. The fraction of sp³-hybridized carbons (Fsp3) is 0.520. The molecule has 4 fully saturated rings. The Bertz CT molecular complexity index is 1020. The molecular weight excluding hydrogens is 376 g/mol. The number of nitrogens with one attached hydrogen (secondary N) is 1. The van der Waals surface area contributed by atoms with Gasteiger partial charge in [0.05, 0.1) is 11.3 Å². The smallest absolute Gasteiger partial charge is 0.268 e. The maximum Gasteiger partial charge on any atom is 0.268 e. The summed E-state index contributed by atoms with van der Waals surface area (Å²) in [6, 6.07) is 9.48. The van der Waals surface area contributed by atoms with Gasteiger partial charge in [0, 0.05) is 18.7 Å². The van der Waals surface area contributed by atoms with E-state index in [0.717, 1.165) is 43.2 Å². The van der Waals surface area contributed by atoms with Crippen molar-refractivity contribution in [3.05, 3.63) is 58.4 Å². The molecule has 4 bridgehead atoms. The van der Waals surface area contributed by atoms with Crippen LogP contribution in [-0.2, 0) is 7.05 Å². The Morgan fingerprint density at radius 1 is 1.10 bits per heavy atom. The van der Waals surface area contributed by atoms with E-state index in [2.05, 4.69) is 5.32 Å². The zero-order chi connectivity index (χ0) is 21.2. The molecule has 30 heavy (non-hydrogen) atoms. The van der Waals surface area contributed by atoms with Crippen LogP contribution in [-0.4, -0.2) is 33.0 Å². The molecule has 2 N–H and O–H groups in total. The Balaban J connectivity index is 1.39. The van der Waals surface area contributed by atoms with Gasteiger partial charge in [-0.3, -0.25) is 9.59 Å². The van der Waals surface area contributed by atoms with E-state index in [-0.39, 0.29) is 17.7 Å². The van der Waals surface area contributed by atoms with Crippen molar-refractivity contribution in [2.45, 2.75) is 57.6 Å². The third kappa shape index (κ3) is 3.11. The zero-order valence-corrected chi connectivity index (χ0v) is 17.9. The van der Waals surface area contributed by atoms with E-state index in [4.69, 9.17) is 0 Å². The SMILES string of the molecule is Cc1cccc(C(=O)c2cc(C)c(C(=O)NC3C4CC5CC3CC(O)(C5)C4)n2C)c1. The van der Waals surface area contributed by atoms with Crippen LogP contribution < -0.4 is 5.32 Å². The minimum Gasteiger partial charge on any atom is -0.390 e. The molecule has 6 rings (SSSR count). The number of amides is 1. The molecule has 2 unspecified atom stereocenters. The summed E-state index contributed by atoms with van der Waals surface area (Å²) in [4.78, 5) is 26.3. The van der Waals surface area contributed by atoms with Gasteiger partial charge in [0.1, 0.15) is 5.69 Å².